The lowest BCUT2D eigenvalue weighted by Gasteiger charge is -2.32. The minimum atomic E-state index is -2.58. The van der Waals surface area contributed by atoms with E-state index in [0.29, 0.717) is 13.0 Å². The van der Waals surface area contributed by atoms with Gasteiger partial charge in [-0.2, -0.15) is 0 Å². The summed E-state index contributed by atoms with van der Waals surface area (Å²) in [5.74, 6) is 1.02. The highest BCUT2D eigenvalue weighted by atomic mass is 19.3. The van der Waals surface area contributed by atoms with Crippen LogP contribution in [0, 0.1) is 0 Å². The van der Waals surface area contributed by atoms with E-state index < -0.39 is 18.9 Å². The van der Waals surface area contributed by atoms with Gasteiger partial charge in [0, 0.05) is 38.4 Å². The molecule has 0 saturated carbocycles. The fourth-order valence-corrected chi connectivity index (χ4v) is 3.42. The lowest BCUT2D eigenvalue weighted by molar-refractivity contribution is 0.0887. The first-order valence-corrected chi connectivity index (χ1v) is 8.66. The van der Waals surface area contributed by atoms with Crippen molar-refractivity contribution in [1.82, 2.24) is 29.8 Å². The maximum Gasteiger partial charge on any atom is 0.271 e. The van der Waals surface area contributed by atoms with Crippen LogP contribution >= 0.6 is 0 Å². The second-order valence-corrected chi connectivity index (χ2v) is 6.53. The van der Waals surface area contributed by atoms with Crippen molar-refractivity contribution in [3.05, 3.63) is 36.3 Å². The number of imidazole rings is 1. The number of amides is 1. The summed E-state index contributed by atoms with van der Waals surface area (Å²) in [4.78, 5) is 30.1. The molecule has 3 aromatic heterocycles. The molecule has 1 atom stereocenters. The molecule has 4 heterocycles. The number of rotatable bonds is 5. The van der Waals surface area contributed by atoms with Crippen LogP contribution in [0.4, 0.5) is 14.6 Å². The SMILES string of the molecule is CN(c1ncnc2[nH]ccc12)C1CCn2cc(C(=O)NCC(F)F)nc2C1. The molecule has 142 valence electrons. The minimum Gasteiger partial charge on any atom is -0.356 e. The second-order valence-electron chi connectivity index (χ2n) is 6.53. The number of fused-ring (bicyclic) bond motifs is 2. The maximum absolute atomic E-state index is 12.3. The largest absolute Gasteiger partial charge is 0.356 e. The van der Waals surface area contributed by atoms with Gasteiger partial charge in [0.15, 0.2) is 0 Å². The Morgan fingerprint density at radius 3 is 3.15 bits per heavy atom. The summed E-state index contributed by atoms with van der Waals surface area (Å²) in [6.45, 7) is 0.0214. The Hall–Kier alpha value is -3.04. The van der Waals surface area contributed by atoms with E-state index in [1.807, 2.05) is 23.9 Å². The molecule has 0 spiro atoms. The number of anilines is 1. The lowest BCUT2D eigenvalue weighted by Crippen LogP contribution is -2.38. The molecule has 1 amide bonds. The summed E-state index contributed by atoms with van der Waals surface area (Å²) in [5, 5.41) is 3.13. The molecule has 8 nitrogen and oxygen atoms in total. The van der Waals surface area contributed by atoms with Crippen LogP contribution in [0.15, 0.2) is 24.8 Å². The van der Waals surface area contributed by atoms with Crippen LogP contribution in [-0.4, -0.2) is 56.5 Å². The molecule has 0 bridgehead atoms. The van der Waals surface area contributed by atoms with E-state index in [1.165, 1.54) is 6.33 Å². The van der Waals surface area contributed by atoms with Crippen LogP contribution in [0.25, 0.3) is 11.0 Å². The number of halogens is 2. The van der Waals surface area contributed by atoms with E-state index in [0.717, 1.165) is 29.1 Å². The number of aromatic nitrogens is 5. The van der Waals surface area contributed by atoms with Gasteiger partial charge in [-0.05, 0) is 12.5 Å². The van der Waals surface area contributed by atoms with E-state index in [1.54, 1.807) is 6.20 Å². The number of nitrogens with one attached hydrogen (secondary N) is 2. The van der Waals surface area contributed by atoms with Gasteiger partial charge >= 0.3 is 0 Å². The third-order valence-electron chi connectivity index (χ3n) is 4.84. The van der Waals surface area contributed by atoms with Gasteiger partial charge in [-0.25, -0.2) is 23.7 Å². The van der Waals surface area contributed by atoms with Crippen molar-refractivity contribution >= 4 is 22.8 Å². The van der Waals surface area contributed by atoms with Crippen molar-refractivity contribution in [2.24, 2.45) is 0 Å². The molecule has 1 unspecified atom stereocenters. The third kappa shape index (κ3) is 3.34. The van der Waals surface area contributed by atoms with Gasteiger partial charge in [0.25, 0.3) is 12.3 Å². The van der Waals surface area contributed by atoms with Crippen molar-refractivity contribution < 1.29 is 13.6 Å². The molecular weight excluding hydrogens is 356 g/mol. The molecule has 1 aliphatic heterocycles. The van der Waals surface area contributed by atoms with Gasteiger partial charge in [0.1, 0.15) is 29.3 Å². The quantitative estimate of drug-likeness (QED) is 0.707. The van der Waals surface area contributed by atoms with Crippen LogP contribution in [0.2, 0.25) is 0 Å². The maximum atomic E-state index is 12.3. The average Bonchev–Trinajstić information content (AvgIpc) is 3.31. The minimum absolute atomic E-state index is 0.157. The number of carbonyl (C=O) groups is 1. The molecule has 10 heteroatoms. The fraction of sp³-hybridized carbons (Fsp3) is 0.412. The Bertz CT molecular complexity index is 967. The van der Waals surface area contributed by atoms with E-state index in [-0.39, 0.29) is 11.7 Å². The summed E-state index contributed by atoms with van der Waals surface area (Å²) in [6, 6.07) is 2.10. The van der Waals surface area contributed by atoms with Gasteiger partial charge in [0.2, 0.25) is 0 Å². The summed E-state index contributed by atoms with van der Waals surface area (Å²) in [5.41, 5.74) is 0.950. The van der Waals surface area contributed by atoms with Gasteiger partial charge in [-0.3, -0.25) is 4.79 Å². The summed E-state index contributed by atoms with van der Waals surface area (Å²) in [7, 11) is 1.98. The molecule has 4 rings (SSSR count). The van der Waals surface area contributed by atoms with Gasteiger partial charge in [-0.1, -0.05) is 0 Å². The predicted octanol–water partition coefficient (Wildman–Crippen LogP) is 1.60. The summed E-state index contributed by atoms with van der Waals surface area (Å²) < 4.78 is 26.4. The van der Waals surface area contributed by atoms with E-state index in [4.69, 9.17) is 0 Å². The number of aryl methyl sites for hydroxylation is 1. The lowest BCUT2D eigenvalue weighted by atomic mass is 10.0. The Labute approximate surface area is 153 Å². The number of H-pyrrole nitrogens is 1. The Balaban J connectivity index is 1.51. The van der Waals surface area contributed by atoms with Crippen molar-refractivity contribution in [2.45, 2.75) is 31.9 Å². The standard InChI is InChI=1S/C17H19F2N7O/c1-25(16-11-2-4-20-15(11)22-9-23-16)10-3-5-26-8-12(24-14(26)6-10)17(27)21-7-13(18)19/h2,4,8-10,13H,3,5-7H2,1H3,(H,21,27)(H,20,22,23). The fourth-order valence-electron chi connectivity index (χ4n) is 3.42. The second kappa shape index (κ2) is 6.93. The van der Waals surface area contributed by atoms with E-state index in [9.17, 15) is 13.6 Å². The highest BCUT2D eigenvalue weighted by molar-refractivity contribution is 5.92. The molecule has 27 heavy (non-hydrogen) atoms. The van der Waals surface area contributed by atoms with Crippen LogP contribution in [-0.2, 0) is 13.0 Å². The molecular formula is C17H19F2N7O. The number of hydrogen-bond acceptors (Lipinski definition) is 5. The molecule has 0 aliphatic carbocycles. The topological polar surface area (TPSA) is 91.7 Å². The van der Waals surface area contributed by atoms with Crippen molar-refractivity contribution in [2.75, 3.05) is 18.5 Å². The van der Waals surface area contributed by atoms with Crippen LogP contribution in [0.5, 0.6) is 0 Å². The zero-order valence-corrected chi connectivity index (χ0v) is 14.7. The Morgan fingerprint density at radius 1 is 1.48 bits per heavy atom. The summed E-state index contributed by atoms with van der Waals surface area (Å²) in [6.07, 6.45) is 3.89. The zero-order chi connectivity index (χ0) is 19.0. The summed E-state index contributed by atoms with van der Waals surface area (Å²) >= 11 is 0. The van der Waals surface area contributed by atoms with E-state index >= 15 is 0 Å². The number of likely N-dealkylation sites (N-methyl/N-ethyl adjacent to an activating group) is 1. The predicted molar refractivity (Wildman–Crippen MR) is 95.0 cm³/mol. The molecule has 3 aromatic rings. The zero-order valence-electron chi connectivity index (χ0n) is 14.7. The first-order chi connectivity index (χ1) is 13.0. The third-order valence-corrected chi connectivity index (χ3v) is 4.84. The van der Waals surface area contributed by atoms with Crippen LogP contribution < -0.4 is 10.2 Å². The number of aromatic amines is 1. The van der Waals surface area contributed by atoms with Crippen molar-refractivity contribution in [3.63, 3.8) is 0 Å². The van der Waals surface area contributed by atoms with Crippen molar-refractivity contribution in [1.29, 1.82) is 0 Å². The highest BCUT2D eigenvalue weighted by Gasteiger charge is 2.27. The van der Waals surface area contributed by atoms with Crippen molar-refractivity contribution in [3.8, 4) is 0 Å². The number of hydrogen-bond donors (Lipinski definition) is 2. The smallest absolute Gasteiger partial charge is 0.271 e. The first-order valence-electron chi connectivity index (χ1n) is 8.66. The highest BCUT2D eigenvalue weighted by Crippen LogP contribution is 2.27. The number of nitrogens with zero attached hydrogens (tertiary/aromatic N) is 5. The normalized spacial score (nSPS) is 16.5. The first kappa shape index (κ1) is 17.4. The Kier molecular flexibility index (Phi) is 4.46. The molecule has 0 saturated heterocycles. The molecule has 2 N–H and O–H groups in total. The number of alkyl halides is 2. The monoisotopic (exact) mass is 375 g/mol. The van der Waals surface area contributed by atoms with Crippen LogP contribution in [0.3, 0.4) is 0 Å². The Morgan fingerprint density at radius 2 is 2.33 bits per heavy atom. The number of carbonyl (C=O) groups excluding carboxylic acids is 1. The van der Waals surface area contributed by atoms with Gasteiger partial charge < -0.3 is 19.8 Å². The molecule has 0 aromatic carbocycles. The van der Waals surface area contributed by atoms with Crippen LogP contribution in [0.1, 0.15) is 22.7 Å². The molecule has 0 fully saturated rings. The molecule has 0 radical (unpaired) electrons. The molecule has 1 aliphatic rings. The average molecular weight is 375 g/mol. The van der Waals surface area contributed by atoms with Gasteiger partial charge in [-0.15, -0.1) is 0 Å². The van der Waals surface area contributed by atoms with Gasteiger partial charge in [0.05, 0.1) is 11.9 Å². The van der Waals surface area contributed by atoms with E-state index in [2.05, 4.69) is 30.2 Å².